The zero-order chi connectivity index (χ0) is 15.2. The molecule has 21 heavy (non-hydrogen) atoms. The van der Waals surface area contributed by atoms with Gasteiger partial charge in [0.2, 0.25) is 5.91 Å². The fourth-order valence-electron chi connectivity index (χ4n) is 2.15. The van der Waals surface area contributed by atoms with Gasteiger partial charge in [-0.25, -0.2) is 5.43 Å². The molecule has 1 fully saturated rings. The molecule has 2 rings (SSSR count). The Morgan fingerprint density at radius 3 is 3.05 bits per heavy atom. The van der Waals surface area contributed by atoms with Crippen LogP contribution in [0.2, 0.25) is 0 Å². The maximum Gasteiger partial charge on any atom is 0.234 e. The fourth-order valence-corrected chi connectivity index (χ4v) is 2.96. The Labute approximate surface area is 127 Å². The largest absolute Gasteiger partial charge is 0.291 e. The smallest absolute Gasteiger partial charge is 0.234 e. The lowest BCUT2D eigenvalue weighted by molar-refractivity contribution is -0.125. The predicted octanol–water partition coefficient (Wildman–Crippen LogP) is 1.47. The summed E-state index contributed by atoms with van der Waals surface area (Å²) in [6.07, 6.45) is 9.66. The summed E-state index contributed by atoms with van der Waals surface area (Å²) in [4.78, 5) is 12.0. The van der Waals surface area contributed by atoms with Crippen molar-refractivity contribution in [3.8, 4) is 12.3 Å². The van der Waals surface area contributed by atoms with Crippen molar-refractivity contribution in [2.45, 2.75) is 24.3 Å². The molecule has 0 radical (unpaired) electrons. The van der Waals surface area contributed by atoms with E-state index in [-0.39, 0.29) is 23.6 Å². The van der Waals surface area contributed by atoms with Gasteiger partial charge in [0.25, 0.3) is 0 Å². The van der Waals surface area contributed by atoms with E-state index in [0.717, 1.165) is 10.5 Å². The summed E-state index contributed by atoms with van der Waals surface area (Å²) in [5, 5.41) is 0. The molecule has 0 aromatic heterocycles. The van der Waals surface area contributed by atoms with Crippen molar-refractivity contribution in [2.75, 3.05) is 5.75 Å². The lowest BCUT2D eigenvalue weighted by Gasteiger charge is -2.27. The van der Waals surface area contributed by atoms with E-state index in [4.69, 9.17) is 6.42 Å². The molecule has 1 amide bonds. The first-order chi connectivity index (χ1) is 10.1. The van der Waals surface area contributed by atoms with Gasteiger partial charge in [0.05, 0.1) is 16.6 Å². The third kappa shape index (κ3) is 4.28. The highest BCUT2D eigenvalue weighted by atomic mass is 32.2. The fraction of sp³-hybridized carbons (Fsp3) is 0.312. The van der Waals surface area contributed by atoms with E-state index < -0.39 is 10.8 Å². The molecule has 1 aromatic rings. The Bertz CT molecular complexity index is 619. The van der Waals surface area contributed by atoms with Gasteiger partial charge in [-0.3, -0.25) is 14.4 Å². The summed E-state index contributed by atoms with van der Waals surface area (Å²) in [5.74, 6) is 2.88. The summed E-state index contributed by atoms with van der Waals surface area (Å²) in [5.41, 5.74) is 6.57. The van der Waals surface area contributed by atoms with E-state index >= 15 is 0 Å². The molecule has 4 nitrogen and oxygen atoms in total. The van der Waals surface area contributed by atoms with Gasteiger partial charge in [-0.15, -0.1) is 6.42 Å². The summed E-state index contributed by atoms with van der Waals surface area (Å²) >= 11 is 0. The molecular formula is C16H18N2O2S. The molecule has 1 saturated heterocycles. The molecule has 2 N–H and O–H groups in total. The summed E-state index contributed by atoms with van der Waals surface area (Å²) in [6.45, 7) is 2.03. The van der Waals surface area contributed by atoms with E-state index in [9.17, 15) is 9.00 Å². The van der Waals surface area contributed by atoms with Gasteiger partial charge >= 0.3 is 0 Å². The first-order valence-corrected chi connectivity index (χ1v) is 8.06. The van der Waals surface area contributed by atoms with E-state index in [2.05, 4.69) is 16.8 Å². The van der Waals surface area contributed by atoms with Crippen molar-refractivity contribution in [1.82, 2.24) is 10.9 Å². The minimum Gasteiger partial charge on any atom is -0.291 e. The average Bonchev–Trinajstić information content (AvgIpc) is 2.47. The van der Waals surface area contributed by atoms with Gasteiger partial charge in [0.15, 0.2) is 0 Å². The van der Waals surface area contributed by atoms with Crippen LogP contribution in [0.15, 0.2) is 35.2 Å². The Morgan fingerprint density at radius 2 is 2.33 bits per heavy atom. The highest BCUT2D eigenvalue weighted by Crippen LogP contribution is 2.16. The molecule has 110 valence electrons. The molecule has 0 aliphatic carbocycles. The SMILES string of the molecule is C#CCS(=O)c1cccc(/C=C/C2NNC(=O)CC2C)c1. The number of hydrogen-bond acceptors (Lipinski definition) is 3. The highest BCUT2D eigenvalue weighted by Gasteiger charge is 2.22. The van der Waals surface area contributed by atoms with Gasteiger partial charge < -0.3 is 0 Å². The van der Waals surface area contributed by atoms with Crippen LogP contribution in [0.3, 0.4) is 0 Å². The van der Waals surface area contributed by atoms with Crippen molar-refractivity contribution in [3.05, 3.63) is 35.9 Å². The van der Waals surface area contributed by atoms with Crippen molar-refractivity contribution in [3.63, 3.8) is 0 Å². The zero-order valence-corrected chi connectivity index (χ0v) is 12.7. The highest BCUT2D eigenvalue weighted by molar-refractivity contribution is 7.85. The Morgan fingerprint density at radius 1 is 1.52 bits per heavy atom. The molecule has 1 aliphatic heterocycles. The van der Waals surface area contributed by atoms with Crippen LogP contribution in [0.4, 0.5) is 0 Å². The standard InChI is InChI=1S/C16H18N2O2S/c1-3-9-21(20)14-6-4-5-13(11-14)7-8-15-12(2)10-16(19)18-17-15/h1,4-8,11-12,15,17H,9-10H2,2H3,(H,18,19)/b8-7+. The normalized spacial score (nSPS) is 23.5. The second-order valence-electron chi connectivity index (χ2n) is 5.03. The minimum atomic E-state index is -1.16. The van der Waals surface area contributed by atoms with Crippen LogP contribution in [0.25, 0.3) is 6.08 Å². The monoisotopic (exact) mass is 302 g/mol. The number of hydrogen-bond donors (Lipinski definition) is 2. The van der Waals surface area contributed by atoms with E-state index in [1.165, 1.54) is 0 Å². The molecule has 0 bridgehead atoms. The molecule has 3 atom stereocenters. The molecular weight excluding hydrogens is 284 g/mol. The number of nitrogens with one attached hydrogen (secondary N) is 2. The molecule has 3 unspecified atom stereocenters. The number of terminal acetylenes is 1. The molecule has 1 aromatic carbocycles. The number of amides is 1. The number of benzene rings is 1. The predicted molar refractivity (Wildman–Crippen MR) is 84.4 cm³/mol. The molecule has 5 heteroatoms. The van der Waals surface area contributed by atoms with Gasteiger partial charge in [0, 0.05) is 17.4 Å². The Hall–Kier alpha value is -1.90. The topological polar surface area (TPSA) is 58.2 Å². The Kier molecular flexibility index (Phi) is 5.32. The first-order valence-electron chi connectivity index (χ1n) is 6.74. The van der Waals surface area contributed by atoms with E-state index in [0.29, 0.717) is 6.42 Å². The van der Waals surface area contributed by atoms with Crippen molar-refractivity contribution in [2.24, 2.45) is 5.92 Å². The molecule has 0 spiro atoms. The Balaban J connectivity index is 2.07. The van der Waals surface area contributed by atoms with Gasteiger partial charge in [-0.05, 0) is 23.6 Å². The maximum atomic E-state index is 11.9. The van der Waals surface area contributed by atoms with E-state index in [1.807, 2.05) is 43.3 Å². The number of carbonyl (C=O) groups excluding carboxylic acids is 1. The summed E-state index contributed by atoms with van der Waals surface area (Å²) in [7, 11) is -1.16. The third-order valence-electron chi connectivity index (χ3n) is 3.33. The second kappa shape index (κ2) is 7.21. The van der Waals surface area contributed by atoms with Crippen LogP contribution >= 0.6 is 0 Å². The number of hydrazine groups is 1. The second-order valence-corrected chi connectivity index (χ2v) is 6.48. The summed E-state index contributed by atoms with van der Waals surface area (Å²) < 4.78 is 11.9. The van der Waals surface area contributed by atoms with Crippen LogP contribution < -0.4 is 10.9 Å². The molecule has 0 saturated carbocycles. The van der Waals surface area contributed by atoms with Crippen LogP contribution in [-0.2, 0) is 15.6 Å². The molecule has 1 aliphatic rings. The lowest BCUT2D eigenvalue weighted by Crippen LogP contribution is -2.52. The quantitative estimate of drug-likeness (QED) is 0.828. The maximum absolute atomic E-state index is 11.9. The van der Waals surface area contributed by atoms with Crippen LogP contribution in [-0.4, -0.2) is 21.9 Å². The summed E-state index contributed by atoms with van der Waals surface area (Å²) in [6, 6.07) is 7.58. The first kappa shape index (κ1) is 15.5. The van der Waals surface area contributed by atoms with E-state index in [1.54, 1.807) is 0 Å². The number of rotatable bonds is 4. The van der Waals surface area contributed by atoms with Crippen LogP contribution in [0.5, 0.6) is 0 Å². The third-order valence-corrected chi connectivity index (χ3v) is 4.54. The average molecular weight is 302 g/mol. The minimum absolute atomic E-state index is 0.0128. The van der Waals surface area contributed by atoms with Crippen LogP contribution in [0.1, 0.15) is 18.9 Å². The van der Waals surface area contributed by atoms with Crippen molar-refractivity contribution in [1.29, 1.82) is 0 Å². The number of carbonyl (C=O) groups is 1. The van der Waals surface area contributed by atoms with Crippen LogP contribution in [0, 0.1) is 18.3 Å². The van der Waals surface area contributed by atoms with Gasteiger partial charge in [-0.2, -0.15) is 0 Å². The van der Waals surface area contributed by atoms with Crippen molar-refractivity contribution < 1.29 is 9.00 Å². The van der Waals surface area contributed by atoms with Gasteiger partial charge in [0.1, 0.15) is 0 Å². The van der Waals surface area contributed by atoms with Gasteiger partial charge in [-0.1, -0.05) is 37.1 Å². The zero-order valence-electron chi connectivity index (χ0n) is 11.8. The lowest BCUT2D eigenvalue weighted by atomic mass is 9.96. The van der Waals surface area contributed by atoms with Crippen molar-refractivity contribution >= 4 is 22.8 Å². The molecule has 1 heterocycles.